The van der Waals surface area contributed by atoms with Crippen molar-refractivity contribution in [3.05, 3.63) is 46.5 Å². The summed E-state index contributed by atoms with van der Waals surface area (Å²) in [6, 6.07) is 7.53. The minimum Gasteiger partial charge on any atom is -0.493 e. The summed E-state index contributed by atoms with van der Waals surface area (Å²) in [5, 5.41) is 10.8. The molecule has 2 aromatic carbocycles. The standard InChI is InChI=1S/C20H22O5/c1-22-17-8-12-5-6-13-9-18(23-2)20(25-4)11-15(13)16(21)7-14(12)10-19(17)24-3/h5-6,8-11,16,21H,7H2,1-4H3. The van der Waals surface area contributed by atoms with Crippen LogP contribution in [0.25, 0.3) is 12.2 Å². The highest BCUT2D eigenvalue weighted by Gasteiger charge is 2.21. The Morgan fingerprint density at radius 2 is 1.20 bits per heavy atom. The molecule has 0 fully saturated rings. The summed E-state index contributed by atoms with van der Waals surface area (Å²) in [5.74, 6) is 2.54. The number of benzene rings is 2. The van der Waals surface area contributed by atoms with Crippen LogP contribution < -0.4 is 18.9 Å². The van der Waals surface area contributed by atoms with Crippen LogP contribution in [0.15, 0.2) is 24.3 Å². The third-order valence-electron chi connectivity index (χ3n) is 4.45. The minimum absolute atomic E-state index is 0.461. The van der Waals surface area contributed by atoms with Crippen LogP contribution >= 0.6 is 0 Å². The van der Waals surface area contributed by atoms with Gasteiger partial charge in [0.05, 0.1) is 34.5 Å². The monoisotopic (exact) mass is 342 g/mol. The number of aliphatic hydroxyl groups is 1. The van der Waals surface area contributed by atoms with Crippen molar-refractivity contribution in [2.75, 3.05) is 28.4 Å². The maximum Gasteiger partial charge on any atom is 0.161 e. The fourth-order valence-corrected chi connectivity index (χ4v) is 3.11. The molecule has 0 spiro atoms. The van der Waals surface area contributed by atoms with Gasteiger partial charge in [-0.05, 0) is 46.5 Å². The highest BCUT2D eigenvalue weighted by Crippen LogP contribution is 2.39. The molecule has 0 aliphatic heterocycles. The number of hydrogen-bond acceptors (Lipinski definition) is 5. The predicted molar refractivity (Wildman–Crippen MR) is 96.7 cm³/mol. The smallest absolute Gasteiger partial charge is 0.161 e. The molecular weight excluding hydrogens is 320 g/mol. The lowest BCUT2D eigenvalue weighted by atomic mass is 9.90. The quantitative estimate of drug-likeness (QED) is 0.922. The van der Waals surface area contributed by atoms with E-state index in [1.165, 1.54) is 0 Å². The van der Waals surface area contributed by atoms with Gasteiger partial charge >= 0.3 is 0 Å². The van der Waals surface area contributed by atoms with Gasteiger partial charge in [-0.2, -0.15) is 0 Å². The lowest BCUT2D eigenvalue weighted by molar-refractivity contribution is 0.177. The molecule has 0 radical (unpaired) electrons. The molecule has 3 rings (SSSR count). The first kappa shape index (κ1) is 17.2. The Morgan fingerprint density at radius 1 is 0.720 bits per heavy atom. The third-order valence-corrected chi connectivity index (χ3v) is 4.45. The molecule has 5 heteroatoms. The molecule has 1 atom stereocenters. The number of aliphatic hydroxyl groups excluding tert-OH is 1. The summed E-state index contributed by atoms with van der Waals surface area (Å²) in [6.07, 6.45) is 3.76. The predicted octanol–water partition coefficient (Wildman–Crippen LogP) is 3.48. The van der Waals surface area contributed by atoms with E-state index < -0.39 is 6.10 Å². The van der Waals surface area contributed by atoms with E-state index in [1.54, 1.807) is 28.4 Å². The van der Waals surface area contributed by atoms with Gasteiger partial charge in [-0.1, -0.05) is 12.2 Å². The van der Waals surface area contributed by atoms with Gasteiger partial charge in [-0.3, -0.25) is 0 Å². The van der Waals surface area contributed by atoms with E-state index in [-0.39, 0.29) is 0 Å². The SMILES string of the molecule is COc1cc2c(cc1OC)CC(O)c1cc(OC)c(OC)cc1C=C2. The molecule has 1 aliphatic carbocycles. The van der Waals surface area contributed by atoms with Gasteiger partial charge < -0.3 is 24.1 Å². The number of rotatable bonds is 4. The van der Waals surface area contributed by atoms with Crippen LogP contribution in [0.4, 0.5) is 0 Å². The zero-order valence-electron chi connectivity index (χ0n) is 14.8. The van der Waals surface area contributed by atoms with E-state index in [0.717, 1.165) is 22.3 Å². The largest absolute Gasteiger partial charge is 0.493 e. The molecule has 1 N–H and O–H groups in total. The third kappa shape index (κ3) is 3.15. The van der Waals surface area contributed by atoms with E-state index in [9.17, 15) is 5.11 Å². The molecule has 0 amide bonds. The van der Waals surface area contributed by atoms with E-state index in [1.807, 2.05) is 36.4 Å². The summed E-state index contributed by atoms with van der Waals surface area (Å²) >= 11 is 0. The van der Waals surface area contributed by atoms with E-state index in [2.05, 4.69) is 0 Å². The van der Waals surface area contributed by atoms with E-state index >= 15 is 0 Å². The van der Waals surface area contributed by atoms with Crippen molar-refractivity contribution in [1.82, 2.24) is 0 Å². The Morgan fingerprint density at radius 3 is 1.80 bits per heavy atom. The van der Waals surface area contributed by atoms with Gasteiger partial charge in [0, 0.05) is 6.42 Å². The van der Waals surface area contributed by atoms with Gasteiger partial charge in [0.15, 0.2) is 23.0 Å². The first-order valence-corrected chi connectivity index (χ1v) is 7.98. The highest BCUT2D eigenvalue weighted by molar-refractivity contribution is 5.76. The van der Waals surface area contributed by atoms with Crippen LogP contribution in [-0.2, 0) is 6.42 Å². The van der Waals surface area contributed by atoms with Gasteiger partial charge in [-0.25, -0.2) is 0 Å². The average molecular weight is 342 g/mol. The summed E-state index contributed by atoms with van der Waals surface area (Å²) in [6.45, 7) is 0. The van der Waals surface area contributed by atoms with Gasteiger partial charge in [-0.15, -0.1) is 0 Å². The molecule has 2 aromatic rings. The van der Waals surface area contributed by atoms with E-state index in [0.29, 0.717) is 29.4 Å². The molecule has 0 bridgehead atoms. The fourth-order valence-electron chi connectivity index (χ4n) is 3.11. The topological polar surface area (TPSA) is 57.2 Å². The summed E-state index contributed by atoms with van der Waals surface area (Å²) in [7, 11) is 6.39. The van der Waals surface area contributed by atoms with Crippen molar-refractivity contribution in [2.24, 2.45) is 0 Å². The van der Waals surface area contributed by atoms with Crippen molar-refractivity contribution in [3.63, 3.8) is 0 Å². The zero-order chi connectivity index (χ0) is 18.0. The second kappa shape index (κ2) is 7.07. The second-order valence-corrected chi connectivity index (χ2v) is 5.80. The Balaban J connectivity index is 2.14. The van der Waals surface area contributed by atoms with Crippen LogP contribution in [0, 0.1) is 0 Å². The van der Waals surface area contributed by atoms with Crippen molar-refractivity contribution in [2.45, 2.75) is 12.5 Å². The van der Waals surface area contributed by atoms with Crippen LogP contribution in [0.1, 0.15) is 28.4 Å². The van der Waals surface area contributed by atoms with Gasteiger partial charge in [0.1, 0.15) is 0 Å². The molecule has 0 saturated carbocycles. The van der Waals surface area contributed by atoms with Gasteiger partial charge in [0.25, 0.3) is 0 Å². The van der Waals surface area contributed by atoms with Crippen LogP contribution in [0.2, 0.25) is 0 Å². The summed E-state index contributed by atoms with van der Waals surface area (Å²) < 4.78 is 21.5. The number of fused-ring (bicyclic) bond motifs is 2. The number of ether oxygens (including phenoxy) is 4. The van der Waals surface area contributed by atoms with Crippen molar-refractivity contribution < 1.29 is 24.1 Å². The Labute approximate surface area is 147 Å². The molecule has 5 nitrogen and oxygen atoms in total. The maximum atomic E-state index is 10.8. The zero-order valence-corrected chi connectivity index (χ0v) is 14.8. The van der Waals surface area contributed by atoms with Crippen LogP contribution in [-0.4, -0.2) is 33.5 Å². The second-order valence-electron chi connectivity index (χ2n) is 5.80. The van der Waals surface area contributed by atoms with Gasteiger partial charge in [0.2, 0.25) is 0 Å². The fraction of sp³-hybridized carbons (Fsp3) is 0.300. The Hall–Kier alpha value is -2.66. The molecule has 0 aromatic heterocycles. The van der Waals surface area contributed by atoms with Crippen molar-refractivity contribution >= 4 is 12.2 Å². The molecule has 0 saturated heterocycles. The number of methoxy groups -OCH3 is 4. The van der Waals surface area contributed by atoms with Crippen molar-refractivity contribution in [1.29, 1.82) is 0 Å². The first-order valence-electron chi connectivity index (χ1n) is 7.98. The lowest BCUT2D eigenvalue weighted by Gasteiger charge is -2.21. The summed E-state index contributed by atoms with van der Waals surface area (Å²) in [4.78, 5) is 0. The average Bonchev–Trinajstić information content (AvgIpc) is 2.64. The molecule has 1 unspecified atom stereocenters. The summed E-state index contributed by atoms with van der Waals surface area (Å²) in [5.41, 5.74) is 3.67. The highest BCUT2D eigenvalue weighted by atomic mass is 16.5. The molecule has 0 heterocycles. The van der Waals surface area contributed by atoms with Crippen molar-refractivity contribution in [3.8, 4) is 23.0 Å². The van der Waals surface area contributed by atoms with E-state index in [4.69, 9.17) is 18.9 Å². The Bertz CT molecular complexity index is 810. The minimum atomic E-state index is -0.670. The Kier molecular flexibility index (Phi) is 4.86. The molecule has 1 aliphatic rings. The molecule has 132 valence electrons. The number of hydrogen-bond donors (Lipinski definition) is 1. The normalized spacial score (nSPS) is 15.5. The molecule has 25 heavy (non-hydrogen) atoms. The molecular formula is C20H22O5. The maximum absolute atomic E-state index is 10.8. The van der Waals surface area contributed by atoms with Crippen LogP contribution in [0.5, 0.6) is 23.0 Å². The van der Waals surface area contributed by atoms with Crippen LogP contribution in [0.3, 0.4) is 0 Å². The lowest BCUT2D eigenvalue weighted by Crippen LogP contribution is -2.08. The first-order chi connectivity index (χ1) is 12.1.